The van der Waals surface area contributed by atoms with Gasteiger partial charge < -0.3 is 9.80 Å². The van der Waals surface area contributed by atoms with Crippen molar-refractivity contribution in [1.82, 2.24) is 20.0 Å². The Labute approximate surface area is 192 Å². The van der Waals surface area contributed by atoms with Crippen LogP contribution in [0.2, 0.25) is 0 Å². The second-order valence-electron chi connectivity index (χ2n) is 8.70. The van der Waals surface area contributed by atoms with E-state index < -0.39 is 0 Å². The summed E-state index contributed by atoms with van der Waals surface area (Å²) in [5.74, 6) is -0.209. The lowest BCUT2D eigenvalue weighted by Gasteiger charge is -2.45. The molecule has 0 saturated carbocycles. The van der Waals surface area contributed by atoms with E-state index in [0.717, 1.165) is 69.1 Å². The van der Waals surface area contributed by atoms with Crippen molar-refractivity contribution >= 4 is 33.2 Å². The number of fused-ring (bicyclic) bond motifs is 2. The van der Waals surface area contributed by atoms with E-state index in [1.54, 1.807) is 18.3 Å². The lowest BCUT2D eigenvalue weighted by atomic mass is 10.1. The first-order valence-corrected chi connectivity index (χ1v) is 11.6. The molecular formula is C26H27FN6. The Bertz CT molecular complexity index is 1270. The minimum Gasteiger partial charge on any atom is -0.367 e. The van der Waals surface area contributed by atoms with E-state index in [2.05, 4.69) is 54.1 Å². The minimum absolute atomic E-state index is 0.209. The quantitative estimate of drug-likeness (QED) is 0.481. The Hall–Kier alpha value is -3.29. The number of benzene rings is 2. The van der Waals surface area contributed by atoms with Crippen LogP contribution < -0.4 is 9.80 Å². The molecule has 0 radical (unpaired) electrons. The average molecular weight is 443 g/mol. The highest BCUT2D eigenvalue weighted by Crippen LogP contribution is 2.29. The van der Waals surface area contributed by atoms with Gasteiger partial charge in [-0.1, -0.05) is 18.2 Å². The molecule has 2 aliphatic heterocycles. The summed E-state index contributed by atoms with van der Waals surface area (Å²) in [5.41, 5.74) is 4.10. The van der Waals surface area contributed by atoms with Crippen molar-refractivity contribution in [3.63, 3.8) is 0 Å². The average Bonchev–Trinajstić information content (AvgIpc) is 2.89. The standard InChI is InChI=1S/C26H27FN6/c27-22-8-9-24(26-21(22)6-3-11-29-26)31-14-18-33(19-15-31)32-16-12-30(13-17-32)23-7-1-4-20-5-2-10-28-25(20)23/h1-11H,12-19H2. The number of halogens is 1. The number of pyridine rings is 2. The normalized spacial score (nSPS) is 18.3. The Morgan fingerprint density at radius 2 is 1.15 bits per heavy atom. The van der Waals surface area contributed by atoms with Crippen molar-refractivity contribution in [2.75, 3.05) is 62.2 Å². The number of anilines is 2. The third kappa shape index (κ3) is 3.77. The smallest absolute Gasteiger partial charge is 0.132 e. The van der Waals surface area contributed by atoms with E-state index in [1.165, 1.54) is 11.1 Å². The van der Waals surface area contributed by atoms with Gasteiger partial charge in [-0.15, -0.1) is 0 Å². The zero-order chi connectivity index (χ0) is 22.2. The molecule has 2 aromatic carbocycles. The molecule has 2 fully saturated rings. The van der Waals surface area contributed by atoms with Crippen LogP contribution in [0.5, 0.6) is 0 Å². The summed E-state index contributed by atoms with van der Waals surface area (Å²) >= 11 is 0. The van der Waals surface area contributed by atoms with Crippen LogP contribution in [-0.2, 0) is 0 Å². The van der Waals surface area contributed by atoms with Gasteiger partial charge in [-0.3, -0.25) is 9.97 Å². The van der Waals surface area contributed by atoms with E-state index in [9.17, 15) is 4.39 Å². The number of hydrogen-bond donors (Lipinski definition) is 0. The molecule has 6 rings (SSSR count). The maximum absolute atomic E-state index is 14.2. The number of para-hydroxylation sites is 1. The number of hydrogen-bond acceptors (Lipinski definition) is 6. The molecule has 0 aliphatic carbocycles. The first kappa shape index (κ1) is 20.3. The van der Waals surface area contributed by atoms with Gasteiger partial charge in [0.2, 0.25) is 0 Å². The van der Waals surface area contributed by atoms with Gasteiger partial charge in [-0.2, -0.15) is 0 Å². The molecule has 4 heterocycles. The highest BCUT2D eigenvalue weighted by molar-refractivity contribution is 5.91. The molecule has 0 spiro atoms. The molecule has 2 aliphatic rings. The Morgan fingerprint density at radius 1 is 0.576 bits per heavy atom. The second-order valence-corrected chi connectivity index (χ2v) is 8.70. The third-order valence-corrected chi connectivity index (χ3v) is 6.90. The molecule has 0 bridgehead atoms. The van der Waals surface area contributed by atoms with Crippen molar-refractivity contribution in [2.24, 2.45) is 0 Å². The third-order valence-electron chi connectivity index (χ3n) is 6.90. The second kappa shape index (κ2) is 8.57. The molecule has 6 nitrogen and oxygen atoms in total. The monoisotopic (exact) mass is 442 g/mol. The number of rotatable bonds is 3. The topological polar surface area (TPSA) is 38.7 Å². The van der Waals surface area contributed by atoms with Crippen LogP contribution in [0.3, 0.4) is 0 Å². The fourth-order valence-corrected chi connectivity index (χ4v) is 5.16. The van der Waals surface area contributed by atoms with Gasteiger partial charge in [0, 0.05) is 75.5 Å². The van der Waals surface area contributed by atoms with Crippen molar-refractivity contribution in [1.29, 1.82) is 0 Å². The molecule has 33 heavy (non-hydrogen) atoms. The molecule has 0 N–H and O–H groups in total. The van der Waals surface area contributed by atoms with Crippen LogP contribution in [0, 0.1) is 5.82 Å². The number of piperazine rings is 2. The summed E-state index contributed by atoms with van der Waals surface area (Å²) in [6.07, 6.45) is 3.62. The summed E-state index contributed by atoms with van der Waals surface area (Å²) in [4.78, 5) is 13.9. The number of hydrazine groups is 1. The number of nitrogens with zero attached hydrogens (tertiary/aromatic N) is 6. The van der Waals surface area contributed by atoms with Gasteiger partial charge in [0.05, 0.1) is 22.4 Å². The first-order valence-electron chi connectivity index (χ1n) is 11.6. The number of aromatic nitrogens is 2. The summed E-state index contributed by atoms with van der Waals surface area (Å²) in [6.45, 7) is 7.72. The molecule has 2 aromatic heterocycles. The zero-order valence-electron chi connectivity index (χ0n) is 18.6. The maximum atomic E-state index is 14.2. The van der Waals surface area contributed by atoms with Crippen molar-refractivity contribution in [3.05, 3.63) is 72.8 Å². The zero-order valence-corrected chi connectivity index (χ0v) is 18.6. The van der Waals surface area contributed by atoms with Crippen molar-refractivity contribution in [2.45, 2.75) is 0 Å². The molecule has 0 atom stereocenters. The summed E-state index contributed by atoms with van der Waals surface area (Å²) in [5, 5.41) is 6.76. The molecule has 168 valence electrons. The van der Waals surface area contributed by atoms with Gasteiger partial charge in [0.15, 0.2) is 0 Å². The predicted octanol–water partition coefficient (Wildman–Crippen LogP) is 3.78. The fraction of sp³-hybridized carbons (Fsp3) is 0.308. The van der Waals surface area contributed by atoms with Gasteiger partial charge in [0.1, 0.15) is 5.82 Å². The summed E-state index contributed by atoms with van der Waals surface area (Å²) in [6, 6.07) is 17.6. The molecule has 4 aromatic rings. The van der Waals surface area contributed by atoms with E-state index in [0.29, 0.717) is 5.39 Å². The van der Waals surface area contributed by atoms with Gasteiger partial charge in [0.25, 0.3) is 0 Å². The highest BCUT2D eigenvalue weighted by Gasteiger charge is 2.27. The van der Waals surface area contributed by atoms with Crippen LogP contribution >= 0.6 is 0 Å². The lowest BCUT2D eigenvalue weighted by molar-refractivity contribution is -0.0330. The summed E-state index contributed by atoms with van der Waals surface area (Å²) < 4.78 is 14.2. The maximum Gasteiger partial charge on any atom is 0.132 e. The Morgan fingerprint density at radius 3 is 1.85 bits per heavy atom. The van der Waals surface area contributed by atoms with Crippen molar-refractivity contribution in [3.8, 4) is 0 Å². The molecule has 2 saturated heterocycles. The Balaban J connectivity index is 1.11. The SMILES string of the molecule is Fc1ccc(N2CCN(N3CCN(c4cccc5cccnc45)CC3)CC2)c2ncccc12. The fourth-order valence-electron chi connectivity index (χ4n) is 5.16. The van der Waals surface area contributed by atoms with Crippen LogP contribution in [0.15, 0.2) is 67.0 Å². The summed E-state index contributed by atoms with van der Waals surface area (Å²) in [7, 11) is 0. The van der Waals surface area contributed by atoms with Gasteiger partial charge in [-0.05, 0) is 36.4 Å². The van der Waals surface area contributed by atoms with Crippen molar-refractivity contribution < 1.29 is 4.39 Å². The first-order chi connectivity index (χ1) is 16.3. The van der Waals surface area contributed by atoms with Crippen LogP contribution in [0.25, 0.3) is 21.8 Å². The van der Waals surface area contributed by atoms with Gasteiger partial charge in [-0.25, -0.2) is 14.4 Å². The van der Waals surface area contributed by atoms with Crippen LogP contribution in [0.4, 0.5) is 15.8 Å². The van der Waals surface area contributed by atoms with Gasteiger partial charge >= 0.3 is 0 Å². The Kier molecular flexibility index (Phi) is 5.28. The minimum atomic E-state index is -0.209. The van der Waals surface area contributed by atoms with E-state index in [1.807, 2.05) is 24.4 Å². The molecule has 0 amide bonds. The molecule has 7 heteroatoms. The molecule has 0 unspecified atom stereocenters. The van der Waals surface area contributed by atoms with E-state index in [-0.39, 0.29) is 5.82 Å². The lowest BCUT2D eigenvalue weighted by Crippen LogP contribution is -2.59. The molecular weight excluding hydrogens is 415 g/mol. The van der Waals surface area contributed by atoms with E-state index in [4.69, 9.17) is 0 Å². The van der Waals surface area contributed by atoms with Crippen LogP contribution in [-0.4, -0.2) is 72.3 Å². The predicted molar refractivity (Wildman–Crippen MR) is 131 cm³/mol. The van der Waals surface area contributed by atoms with Crippen LogP contribution in [0.1, 0.15) is 0 Å². The van der Waals surface area contributed by atoms with E-state index >= 15 is 0 Å². The largest absolute Gasteiger partial charge is 0.367 e. The highest BCUT2D eigenvalue weighted by atomic mass is 19.1.